The third kappa shape index (κ3) is 5.23. The predicted octanol–water partition coefficient (Wildman–Crippen LogP) is 2.53. The van der Waals surface area contributed by atoms with Gasteiger partial charge < -0.3 is 5.32 Å². The van der Waals surface area contributed by atoms with Crippen molar-refractivity contribution >= 4 is 29.6 Å². The van der Waals surface area contributed by atoms with Crippen LogP contribution >= 0.6 is 11.6 Å². The van der Waals surface area contributed by atoms with Gasteiger partial charge in [-0.25, -0.2) is 5.43 Å². The van der Waals surface area contributed by atoms with Crippen molar-refractivity contribution in [2.45, 2.75) is 6.92 Å². The van der Waals surface area contributed by atoms with Gasteiger partial charge >= 0.3 is 0 Å². The third-order valence-electron chi connectivity index (χ3n) is 2.99. The Hall–Kier alpha value is -2.66. The summed E-state index contributed by atoms with van der Waals surface area (Å²) < 4.78 is 0. The first-order chi connectivity index (χ1) is 11.1. The summed E-state index contributed by atoms with van der Waals surface area (Å²) in [5.41, 5.74) is 4.52. The van der Waals surface area contributed by atoms with Crippen molar-refractivity contribution in [1.82, 2.24) is 10.7 Å². The fourth-order valence-electron chi connectivity index (χ4n) is 1.84. The van der Waals surface area contributed by atoms with Crippen molar-refractivity contribution in [2.24, 2.45) is 5.10 Å². The molecule has 2 N–H and O–H groups in total. The molecule has 0 atom stereocenters. The number of halogens is 1. The van der Waals surface area contributed by atoms with Gasteiger partial charge in [-0.05, 0) is 25.1 Å². The molecule has 0 unspecified atom stereocenters. The molecule has 0 aliphatic carbocycles. The summed E-state index contributed by atoms with van der Waals surface area (Å²) in [6, 6.07) is 14.3. The predicted molar refractivity (Wildman–Crippen MR) is 90.7 cm³/mol. The van der Waals surface area contributed by atoms with Gasteiger partial charge in [0.15, 0.2) is 0 Å². The highest BCUT2D eigenvalue weighted by molar-refractivity contribution is 6.33. The van der Waals surface area contributed by atoms with E-state index >= 15 is 0 Å². The van der Waals surface area contributed by atoms with Gasteiger partial charge in [-0.2, -0.15) is 5.10 Å². The molecule has 6 heteroatoms. The molecular formula is C17H16ClN3O2. The fraction of sp³-hybridized carbons (Fsp3) is 0.118. The van der Waals surface area contributed by atoms with Gasteiger partial charge in [0.1, 0.15) is 0 Å². The molecular weight excluding hydrogens is 314 g/mol. The highest BCUT2D eigenvalue weighted by atomic mass is 35.5. The first kappa shape index (κ1) is 16.7. The lowest BCUT2D eigenvalue weighted by Crippen LogP contribution is -2.34. The van der Waals surface area contributed by atoms with E-state index in [1.165, 1.54) is 6.21 Å². The number of rotatable bonds is 5. The molecule has 118 valence electrons. The van der Waals surface area contributed by atoms with Crippen LogP contribution in [0.3, 0.4) is 0 Å². The Morgan fingerprint density at radius 2 is 1.96 bits per heavy atom. The lowest BCUT2D eigenvalue weighted by molar-refractivity contribution is -0.120. The van der Waals surface area contributed by atoms with E-state index in [0.717, 1.165) is 5.56 Å². The van der Waals surface area contributed by atoms with Crippen LogP contribution in [0.1, 0.15) is 21.5 Å². The quantitative estimate of drug-likeness (QED) is 0.653. The molecule has 0 aliphatic rings. The minimum absolute atomic E-state index is 0.160. The molecule has 0 fully saturated rings. The van der Waals surface area contributed by atoms with E-state index in [-0.39, 0.29) is 12.5 Å². The minimum Gasteiger partial charge on any atom is -0.343 e. The number of benzene rings is 2. The van der Waals surface area contributed by atoms with Crippen molar-refractivity contribution < 1.29 is 9.59 Å². The lowest BCUT2D eigenvalue weighted by Gasteiger charge is -2.05. The number of hydrogen-bond acceptors (Lipinski definition) is 3. The summed E-state index contributed by atoms with van der Waals surface area (Å²) in [5, 5.41) is 6.88. The maximum Gasteiger partial charge on any atom is 0.259 e. The topological polar surface area (TPSA) is 70.6 Å². The number of nitrogens with one attached hydrogen (secondary N) is 2. The monoisotopic (exact) mass is 329 g/mol. The lowest BCUT2D eigenvalue weighted by atomic mass is 10.1. The first-order valence-electron chi connectivity index (χ1n) is 6.97. The van der Waals surface area contributed by atoms with E-state index in [4.69, 9.17) is 11.6 Å². The highest BCUT2D eigenvalue weighted by Crippen LogP contribution is 2.11. The standard InChI is InChI=1S/C17H16ClN3O2/c1-12-5-4-7-13(9-12)17(23)19-11-16(22)21-20-10-14-6-2-3-8-15(14)18/h2-10H,11H2,1H3,(H,19,23)(H,21,22). The molecule has 0 spiro atoms. The number of carbonyl (C=O) groups is 2. The van der Waals surface area contributed by atoms with Crippen LogP contribution < -0.4 is 10.7 Å². The summed E-state index contributed by atoms with van der Waals surface area (Å²) in [5.74, 6) is -0.728. The second-order valence-corrected chi connectivity index (χ2v) is 5.27. The average molecular weight is 330 g/mol. The van der Waals surface area contributed by atoms with Gasteiger partial charge in [0.05, 0.1) is 12.8 Å². The van der Waals surface area contributed by atoms with Crippen LogP contribution in [0, 0.1) is 6.92 Å². The van der Waals surface area contributed by atoms with Gasteiger partial charge in [0.2, 0.25) is 0 Å². The van der Waals surface area contributed by atoms with Crippen molar-refractivity contribution in [3.8, 4) is 0 Å². The smallest absolute Gasteiger partial charge is 0.259 e. The molecule has 2 aromatic carbocycles. The fourth-order valence-corrected chi connectivity index (χ4v) is 2.03. The second kappa shape index (κ2) is 8.10. The van der Waals surface area contributed by atoms with E-state index < -0.39 is 5.91 Å². The van der Waals surface area contributed by atoms with E-state index in [9.17, 15) is 9.59 Å². The Morgan fingerprint density at radius 3 is 2.70 bits per heavy atom. The molecule has 0 aliphatic heterocycles. The van der Waals surface area contributed by atoms with Crippen LogP contribution in [0.15, 0.2) is 53.6 Å². The van der Waals surface area contributed by atoms with Crippen molar-refractivity contribution in [3.63, 3.8) is 0 Å². The summed E-state index contributed by atoms with van der Waals surface area (Å²) >= 11 is 5.96. The van der Waals surface area contributed by atoms with Gasteiger partial charge in [-0.3, -0.25) is 9.59 Å². The van der Waals surface area contributed by atoms with Gasteiger partial charge in [-0.15, -0.1) is 0 Å². The number of carbonyl (C=O) groups excluding carboxylic acids is 2. The molecule has 0 radical (unpaired) electrons. The average Bonchev–Trinajstić information content (AvgIpc) is 2.54. The molecule has 2 aromatic rings. The molecule has 2 amide bonds. The number of nitrogens with zero attached hydrogens (tertiary/aromatic N) is 1. The highest BCUT2D eigenvalue weighted by Gasteiger charge is 2.07. The Morgan fingerprint density at radius 1 is 1.17 bits per heavy atom. The van der Waals surface area contributed by atoms with Crippen LogP contribution in [-0.2, 0) is 4.79 Å². The van der Waals surface area contributed by atoms with Crippen LogP contribution in [0.2, 0.25) is 5.02 Å². The maximum absolute atomic E-state index is 11.9. The van der Waals surface area contributed by atoms with Crippen molar-refractivity contribution in [1.29, 1.82) is 0 Å². The third-order valence-corrected chi connectivity index (χ3v) is 3.33. The van der Waals surface area contributed by atoms with Crippen LogP contribution in [0.5, 0.6) is 0 Å². The summed E-state index contributed by atoms with van der Waals surface area (Å²) in [7, 11) is 0. The second-order valence-electron chi connectivity index (χ2n) is 4.87. The van der Waals surface area contributed by atoms with Crippen LogP contribution in [0.4, 0.5) is 0 Å². The van der Waals surface area contributed by atoms with E-state index in [1.54, 1.807) is 36.4 Å². The van der Waals surface area contributed by atoms with Crippen LogP contribution in [0.25, 0.3) is 0 Å². The molecule has 0 aromatic heterocycles. The van der Waals surface area contributed by atoms with Gasteiger partial charge in [0, 0.05) is 16.1 Å². The van der Waals surface area contributed by atoms with Crippen molar-refractivity contribution in [3.05, 3.63) is 70.2 Å². The Kier molecular flexibility index (Phi) is 5.88. The SMILES string of the molecule is Cc1cccc(C(=O)NCC(=O)NN=Cc2ccccc2Cl)c1. The Balaban J connectivity index is 1.81. The zero-order valence-corrected chi connectivity index (χ0v) is 13.3. The molecule has 0 heterocycles. The molecule has 0 bridgehead atoms. The minimum atomic E-state index is -0.422. The maximum atomic E-state index is 11.9. The number of aryl methyl sites for hydroxylation is 1. The number of amides is 2. The van der Waals surface area contributed by atoms with Crippen LogP contribution in [-0.4, -0.2) is 24.6 Å². The number of hydrazone groups is 1. The van der Waals surface area contributed by atoms with E-state index in [2.05, 4.69) is 15.8 Å². The zero-order chi connectivity index (χ0) is 16.7. The first-order valence-corrected chi connectivity index (χ1v) is 7.35. The zero-order valence-electron chi connectivity index (χ0n) is 12.5. The van der Waals surface area contributed by atoms with E-state index in [0.29, 0.717) is 16.1 Å². The largest absolute Gasteiger partial charge is 0.343 e. The summed E-state index contributed by atoms with van der Waals surface area (Å²) in [4.78, 5) is 23.5. The Labute approximate surface area is 139 Å². The molecule has 2 rings (SSSR count). The normalized spacial score (nSPS) is 10.5. The van der Waals surface area contributed by atoms with Gasteiger partial charge in [-0.1, -0.05) is 47.5 Å². The Bertz CT molecular complexity index is 744. The summed E-state index contributed by atoms with van der Waals surface area (Å²) in [6.45, 7) is 1.74. The number of hydrogen-bond donors (Lipinski definition) is 2. The van der Waals surface area contributed by atoms with E-state index in [1.807, 2.05) is 19.1 Å². The molecule has 0 saturated carbocycles. The van der Waals surface area contributed by atoms with Crippen molar-refractivity contribution in [2.75, 3.05) is 6.54 Å². The molecule has 23 heavy (non-hydrogen) atoms. The molecule has 0 saturated heterocycles. The summed E-state index contributed by atoms with van der Waals surface area (Å²) in [6.07, 6.45) is 1.45. The molecule has 5 nitrogen and oxygen atoms in total. The van der Waals surface area contributed by atoms with Gasteiger partial charge in [0.25, 0.3) is 11.8 Å².